The summed E-state index contributed by atoms with van der Waals surface area (Å²) in [6, 6.07) is 0.848. The number of nitrogens with two attached hydrogens (primary N) is 1. The normalized spacial score (nSPS) is 24.1. The van der Waals surface area contributed by atoms with Crippen molar-refractivity contribution in [3.05, 3.63) is 0 Å². The average Bonchev–Trinajstić information content (AvgIpc) is 2.73. The van der Waals surface area contributed by atoms with E-state index in [9.17, 15) is 4.79 Å². The molecule has 3 N–H and O–H groups in total. The van der Waals surface area contributed by atoms with Crippen LogP contribution >= 0.6 is 0 Å². The second kappa shape index (κ2) is 6.08. The van der Waals surface area contributed by atoms with Gasteiger partial charge in [-0.3, -0.25) is 9.69 Å². The third-order valence-electron chi connectivity index (χ3n) is 3.33. The third kappa shape index (κ3) is 3.18. The number of carbonyl (C=O) groups excluding carboxylic acids is 1. The van der Waals surface area contributed by atoms with Crippen LogP contribution < -0.4 is 11.1 Å². The molecule has 4 nitrogen and oxygen atoms in total. The van der Waals surface area contributed by atoms with Gasteiger partial charge in [-0.05, 0) is 25.8 Å². The van der Waals surface area contributed by atoms with Crippen LogP contribution in [0.4, 0.5) is 0 Å². The number of hydrogen-bond donors (Lipinski definition) is 2. The van der Waals surface area contributed by atoms with Crippen LogP contribution in [0.25, 0.3) is 0 Å². The van der Waals surface area contributed by atoms with Crippen LogP contribution in [-0.2, 0) is 4.79 Å². The van der Waals surface area contributed by atoms with Gasteiger partial charge in [-0.25, -0.2) is 0 Å². The highest BCUT2D eigenvalue weighted by molar-refractivity contribution is 5.76. The minimum absolute atomic E-state index is 0.0900. The van der Waals surface area contributed by atoms with Crippen molar-refractivity contribution in [1.29, 1.82) is 0 Å². The number of carbonyl (C=O) groups is 1. The van der Waals surface area contributed by atoms with Gasteiger partial charge in [0.25, 0.3) is 0 Å². The van der Waals surface area contributed by atoms with E-state index in [1.54, 1.807) is 7.05 Å². The first-order valence-corrected chi connectivity index (χ1v) is 5.89. The Balaban J connectivity index is 2.53. The van der Waals surface area contributed by atoms with Crippen molar-refractivity contribution in [1.82, 2.24) is 10.2 Å². The van der Waals surface area contributed by atoms with Gasteiger partial charge in [0.2, 0.25) is 5.91 Å². The van der Waals surface area contributed by atoms with Gasteiger partial charge in [0.1, 0.15) is 0 Å². The lowest BCUT2D eigenvalue weighted by Gasteiger charge is -2.31. The molecule has 1 amide bonds. The van der Waals surface area contributed by atoms with E-state index < -0.39 is 0 Å². The highest BCUT2D eigenvalue weighted by Gasteiger charge is 2.29. The molecule has 1 aliphatic heterocycles. The van der Waals surface area contributed by atoms with Crippen molar-refractivity contribution < 1.29 is 4.79 Å². The van der Waals surface area contributed by atoms with Crippen molar-refractivity contribution in [2.24, 2.45) is 5.73 Å². The number of likely N-dealkylation sites (tertiary alicyclic amines) is 1. The standard InChI is InChI=1S/C11H23N3O/c1-3-9-5-4-6-14(9)10(8-12)7-11(15)13-2/h9-10H,3-8,12H2,1-2H3,(H,13,15). The van der Waals surface area contributed by atoms with Crippen LogP contribution in [0, 0.1) is 0 Å². The van der Waals surface area contributed by atoms with Gasteiger partial charge in [-0.15, -0.1) is 0 Å². The van der Waals surface area contributed by atoms with E-state index >= 15 is 0 Å². The topological polar surface area (TPSA) is 58.4 Å². The molecule has 15 heavy (non-hydrogen) atoms. The van der Waals surface area contributed by atoms with E-state index in [0.29, 0.717) is 19.0 Å². The maximum atomic E-state index is 11.3. The molecule has 0 aromatic carbocycles. The molecule has 0 bridgehead atoms. The SMILES string of the molecule is CCC1CCCN1C(CN)CC(=O)NC. The summed E-state index contributed by atoms with van der Waals surface area (Å²) in [5.74, 6) is 0.0900. The van der Waals surface area contributed by atoms with E-state index in [4.69, 9.17) is 5.73 Å². The summed E-state index contributed by atoms with van der Waals surface area (Å²) in [7, 11) is 1.68. The molecule has 1 saturated heterocycles. The molecule has 0 saturated carbocycles. The Kier molecular flexibility index (Phi) is 5.05. The van der Waals surface area contributed by atoms with Gasteiger partial charge < -0.3 is 11.1 Å². The molecule has 0 aliphatic carbocycles. The molecule has 2 unspecified atom stereocenters. The van der Waals surface area contributed by atoms with E-state index in [2.05, 4.69) is 17.1 Å². The van der Waals surface area contributed by atoms with Gasteiger partial charge >= 0.3 is 0 Å². The van der Waals surface area contributed by atoms with Crippen molar-refractivity contribution in [2.75, 3.05) is 20.1 Å². The van der Waals surface area contributed by atoms with E-state index in [1.807, 2.05) is 0 Å². The second-order valence-corrected chi connectivity index (χ2v) is 4.21. The lowest BCUT2D eigenvalue weighted by atomic mass is 10.1. The molecule has 0 aromatic rings. The number of rotatable bonds is 5. The highest BCUT2D eigenvalue weighted by atomic mass is 16.1. The average molecular weight is 213 g/mol. The van der Waals surface area contributed by atoms with Crippen LogP contribution in [0.2, 0.25) is 0 Å². The van der Waals surface area contributed by atoms with Crippen molar-refractivity contribution in [3.8, 4) is 0 Å². The minimum Gasteiger partial charge on any atom is -0.359 e. The Morgan fingerprint density at radius 1 is 1.67 bits per heavy atom. The molecule has 88 valence electrons. The summed E-state index contributed by atoms with van der Waals surface area (Å²) in [5, 5.41) is 2.66. The fourth-order valence-corrected chi connectivity index (χ4v) is 2.43. The molecule has 0 aromatic heterocycles. The zero-order chi connectivity index (χ0) is 11.3. The lowest BCUT2D eigenvalue weighted by Crippen LogP contribution is -2.45. The second-order valence-electron chi connectivity index (χ2n) is 4.21. The molecule has 1 heterocycles. The van der Waals surface area contributed by atoms with Gasteiger partial charge in [-0.1, -0.05) is 6.92 Å². The van der Waals surface area contributed by atoms with Gasteiger partial charge in [-0.2, -0.15) is 0 Å². The summed E-state index contributed by atoms with van der Waals surface area (Å²) in [6.45, 7) is 3.87. The molecule has 2 atom stereocenters. The third-order valence-corrected chi connectivity index (χ3v) is 3.33. The van der Waals surface area contributed by atoms with Gasteiger partial charge in [0.15, 0.2) is 0 Å². The summed E-state index contributed by atoms with van der Waals surface area (Å²) < 4.78 is 0. The Bertz CT molecular complexity index is 208. The maximum Gasteiger partial charge on any atom is 0.221 e. The molecule has 1 fully saturated rings. The summed E-state index contributed by atoms with van der Waals surface area (Å²) in [6.07, 6.45) is 4.18. The molecular weight excluding hydrogens is 190 g/mol. The Morgan fingerprint density at radius 3 is 2.93 bits per heavy atom. The Hall–Kier alpha value is -0.610. The monoisotopic (exact) mass is 213 g/mol. The molecular formula is C11H23N3O. The first kappa shape index (κ1) is 12.5. The maximum absolute atomic E-state index is 11.3. The van der Waals surface area contributed by atoms with Crippen molar-refractivity contribution >= 4 is 5.91 Å². The Morgan fingerprint density at radius 2 is 2.40 bits per heavy atom. The predicted octanol–water partition coefficient (Wildman–Crippen LogP) is 0.324. The predicted molar refractivity (Wildman–Crippen MR) is 61.5 cm³/mol. The minimum atomic E-state index is 0.0900. The fourth-order valence-electron chi connectivity index (χ4n) is 2.43. The number of nitrogens with one attached hydrogen (secondary N) is 1. The van der Waals surface area contributed by atoms with Crippen LogP contribution in [0.5, 0.6) is 0 Å². The smallest absolute Gasteiger partial charge is 0.221 e. The summed E-state index contributed by atoms with van der Waals surface area (Å²) in [4.78, 5) is 13.8. The van der Waals surface area contributed by atoms with Gasteiger partial charge in [0.05, 0.1) is 0 Å². The van der Waals surface area contributed by atoms with E-state index in [0.717, 1.165) is 13.0 Å². The molecule has 1 aliphatic rings. The number of nitrogens with zero attached hydrogens (tertiary/aromatic N) is 1. The first-order valence-electron chi connectivity index (χ1n) is 5.89. The van der Waals surface area contributed by atoms with E-state index in [-0.39, 0.29) is 11.9 Å². The van der Waals surface area contributed by atoms with Crippen LogP contribution in [0.1, 0.15) is 32.6 Å². The van der Waals surface area contributed by atoms with E-state index in [1.165, 1.54) is 12.8 Å². The van der Waals surface area contributed by atoms with Crippen LogP contribution in [0.3, 0.4) is 0 Å². The zero-order valence-electron chi connectivity index (χ0n) is 9.83. The molecule has 0 radical (unpaired) electrons. The highest BCUT2D eigenvalue weighted by Crippen LogP contribution is 2.23. The quantitative estimate of drug-likeness (QED) is 0.691. The summed E-state index contributed by atoms with van der Waals surface area (Å²) in [5.41, 5.74) is 5.75. The zero-order valence-corrected chi connectivity index (χ0v) is 9.83. The number of hydrogen-bond acceptors (Lipinski definition) is 3. The molecule has 1 rings (SSSR count). The van der Waals surface area contributed by atoms with Crippen LogP contribution in [-0.4, -0.2) is 43.0 Å². The lowest BCUT2D eigenvalue weighted by molar-refractivity contribution is -0.121. The first-order chi connectivity index (χ1) is 7.22. The van der Waals surface area contributed by atoms with Crippen molar-refractivity contribution in [3.63, 3.8) is 0 Å². The summed E-state index contributed by atoms with van der Waals surface area (Å²) >= 11 is 0. The van der Waals surface area contributed by atoms with Gasteiger partial charge in [0, 0.05) is 32.1 Å². The Labute approximate surface area is 92.2 Å². The largest absolute Gasteiger partial charge is 0.359 e. The number of amides is 1. The van der Waals surface area contributed by atoms with Crippen molar-refractivity contribution in [2.45, 2.75) is 44.7 Å². The molecule has 0 spiro atoms. The molecule has 4 heteroatoms. The van der Waals surface area contributed by atoms with Crippen LogP contribution in [0.15, 0.2) is 0 Å². The fraction of sp³-hybridized carbons (Fsp3) is 0.909.